The summed E-state index contributed by atoms with van der Waals surface area (Å²) < 4.78 is 5.66. The van der Waals surface area contributed by atoms with Crippen molar-refractivity contribution in [3.05, 3.63) is 60.2 Å². The van der Waals surface area contributed by atoms with Crippen molar-refractivity contribution in [3.8, 4) is 0 Å². The molecule has 0 radical (unpaired) electrons. The predicted molar refractivity (Wildman–Crippen MR) is 81.3 cm³/mol. The first kappa shape index (κ1) is 14.6. The number of hydrogen-bond donors (Lipinski definition) is 0. The highest BCUT2D eigenvalue weighted by Gasteiger charge is 2.30. The van der Waals surface area contributed by atoms with Gasteiger partial charge in [0.1, 0.15) is 5.60 Å². The molecule has 106 valence electrons. The van der Waals surface area contributed by atoms with Crippen LogP contribution < -0.4 is 0 Å². The molecule has 0 saturated carbocycles. The van der Waals surface area contributed by atoms with Crippen LogP contribution >= 0.6 is 0 Å². The van der Waals surface area contributed by atoms with Crippen LogP contribution in [0.4, 0.5) is 0 Å². The number of esters is 1. The van der Waals surface area contributed by atoms with Gasteiger partial charge in [0.05, 0.1) is 6.42 Å². The van der Waals surface area contributed by atoms with E-state index in [4.69, 9.17) is 4.74 Å². The lowest BCUT2D eigenvalue weighted by atomic mass is 9.83. The van der Waals surface area contributed by atoms with Crippen molar-refractivity contribution in [3.63, 3.8) is 0 Å². The molecular weight excluding hydrogens is 248 g/mol. The van der Waals surface area contributed by atoms with E-state index in [2.05, 4.69) is 12.7 Å². The first-order chi connectivity index (χ1) is 9.48. The summed E-state index contributed by atoms with van der Waals surface area (Å²) >= 11 is 0. The lowest BCUT2D eigenvalue weighted by Crippen LogP contribution is -2.33. The topological polar surface area (TPSA) is 26.3 Å². The van der Waals surface area contributed by atoms with Gasteiger partial charge in [-0.1, -0.05) is 48.6 Å². The second-order valence-electron chi connectivity index (χ2n) is 5.80. The molecular formula is C18H22O2. The molecule has 20 heavy (non-hydrogen) atoms. The molecule has 0 aromatic heterocycles. The lowest BCUT2D eigenvalue weighted by molar-refractivity contribution is -0.153. The van der Waals surface area contributed by atoms with Crippen LogP contribution in [0.3, 0.4) is 0 Å². The molecule has 0 fully saturated rings. The fraction of sp³-hybridized carbons (Fsp3) is 0.389. The highest BCUT2D eigenvalue weighted by Crippen LogP contribution is 2.31. The van der Waals surface area contributed by atoms with E-state index in [-0.39, 0.29) is 5.97 Å². The van der Waals surface area contributed by atoms with Gasteiger partial charge in [-0.15, -0.1) is 0 Å². The van der Waals surface area contributed by atoms with Crippen LogP contribution in [0.15, 0.2) is 54.6 Å². The Morgan fingerprint density at radius 1 is 1.40 bits per heavy atom. The molecule has 1 aliphatic rings. The van der Waals surface area contributed by atoms with Crippen LogP contribution in [0, 0.1) is 5.92 Å². The van der Waals surface area contributed by atoms with Gasteiger partial charge in [-0.25, -0.2) is 0 Å². The highest BCUT2D eigenvalue weighted by atomic mass is 16.6. The van der Waals surface area contributed by atoms with E-state index >= 15 is 0 Å². The average Bonchev–Trinajstić information content (AvgIpc) is 2.39. The Bertz CT molecular complexity index is 515. The summed E-state index contributed by atoms with van der Waals surface area (Å²) in [7, 11) is 0. The van der Waals surface area contributed by atoms with Crippen molar-refractivity contribution in [1.82, 2.24) is 0 Å². The first-order valence-electron chi connectivity index (χ1n) is 7.09. The third-order valence-electron chi connectivity index (χ3n) is 3.80. The van der Waals surface area contributed by atoms with Gasteiger partial charge < -0.3 is 4.74 Å². The van der Waals surface area contributed by atoms with E-state index in [0.717, 1.165) is 18.4 Å². The second-order valence-corrected chi connectivity index (χ2v) is 5.80. The van der Waals surface area contributed by atoms with Gasteiger partial charge in [0.15, 0.2) is 0 Å². The molecule has 1 unspecified atom stereocenters. The van der Waals surface area contributed by atoms with Gasteiger partial charge in [0, 0.05) is 0 Å². The van der Waals surface area contributed by atoms with Crippen molar-refractivity contribution >= 4 is 5.97 Å². The minimum Gasteiger partial charge on any atom is -0.455 e. The van der Waals surface area contributed by atoms with Gasteiger partial charge in [-0.2, -0.15) is 0 Å². The lowest BCUT2D eigenvalue weighted by Gasteiger charge is -2.32. The normalized spacial score (nSPS) is 25.2. The van der Waals surface area contributed by atoms with Crippen LogP contribution in [0.1, 0.15) is 32.3 Å². The maximum absolute atomic E-state index is 12.0. The Kier molecular flexibility index (Phi) is 4.43. The Morgan fingerprint density at radius 2 is 2.10 bits per heavy atom. The highest BCUT2D eigenvalue weighted by molar-refractivity contribution is 5.73. The molecule has 2 heteroatoms. The molecule has 0 N–H and O–H groups in total. The Morgan fingerprint density at radius 3 is 2.65 bits per heavy atom. The van der Waals surface area contributed by atoms with E-state index in [1.807, 2.05) is 50.3 Å². The van der Waals surface area contributed by atoms with E-state index in [1.165, 1.54) is 5.57 Å². The Balaban J connectivity index is 1.94. The van der Waals surface area contributed by atoms with Crippen LogP contribution in [-0.2, 0) is 16.0 Å². The van der Waals surface area contributed by atoms with Crippen molar-refractivity contribution in [2.45, 2.75) is 38.7 Å². The van der Waals surface area contributed by atoms with Crippen molar-refractivity contribution < 1.29 is 9.53 Å². The zero-order valence-corrected chi connectivity index (χ0v) is 12.3. The summed E-state index contributed by atoms with van der Waals surface area (Å²) in [5.41, 5.74) is 1.68. The summed E-state index contributed by atoms with van der Waals surface area (Å²) in [4.78, 5) is 12.0. The van der Waals surface area contributed by atoms with Gasteiger partial charge >= 0.3 is 5.97 Å². The predicted octanol–water partition coefficient (Wildman–Crippen LogP) is 4.07. The molecule has 0 spiro atoms. The summed E-state index contributed by atoms with van der Waals surface area (Å²) in [5, 5.41) is 0. The summed E-state index contributed by atoms with van der Waals surface area (Å²) in [6.07, 6.45) is 6.29. The van der Waals surface area contributed by atoms with Crippen LogP contribution in [-0.4, -0.2) is 11.6 Å². The van der Waals surface area contributed by atoms with E-state index < -0.39 is 5.60 Å². The number of allylic oxidation sites excluding steroid dienone is 2. The Hall–Kier alpha value is -1.83. The minimum absolute atomic E-state index is 0.169. The van der Waals surface area contributed by atoms with Crippen molar-refractivity contribution in [1.29, 1.82) is 0 Å². The summed E-state index contributed by atoms with van der Waals surface area (Å²) in [6.45, 7) is 8.00. The molecule has 0 amide bonds. The molecule has 0 saturated heterocycles. The quantitative estimate of drug-likeness (QED) is 0.609. The minimum atomic E-state index is -0.474. The number of rotatable bonds is 4. The van der Waals surface area contributed by atoms with Gasteiger partial charge in [0.25, 0.3) is 0 Å². The van der Waals surface area contributed by atoms with E-state index in [9.17, 15) is 4.79 Å². The average molecular weight is 270 g/mol. The number of carbonyl (C=O) groups excluding carboxylic acids is 1. The van der Waals surface area contributed by atoms with Gasteiger partial charge in [-0.05, 0) is 44.2 Å². The standard InChI is InChI=1S/C18H22O2/c1-14(2)16-9-11-18(3,12-10-16)20-17(19)13-15-7-5-4-6-8-15/h4-9,11,16H,1,10,12-13H2,2-3H3/t16-,18?/m0/s1. The monoisotopic (exact) mass is 270 g/mol. The Labute approximate surface area is 121 Å². The number of ether oxygens (including phenoxy) is 1. The second kappa shape index (κ2) is 6.08. The maximum Gasteiger partial charge on any atom is 0.311 e. The molecule has 0 heterocycles. The van der Waals surface area contributed by atoms with Crippen molar-refractivity contribution in [2.75, 3.05) is 0 Å². The van der Waals surface area contributed by atoms with Crippen LogP contribution in [0.25, 0.3) is 0 Å². The molecule has 1 aromatic carbocycles. The molecule has 1 aliphatic carbocycles. The van der Waals surface area contributed by atoms with E-state index in [0.29, 0.717) is 12.3 Å². The summed E-state index contributed by atoms with van der Waals surface area (Å²) in [5.74, 6) is 0.244. The molecule has 2 atom stereocenters. The van der Waals surface area contributed by atoms with E-state index in [1.54, 1.807) is 0 Å². The number of benzene rings is 1. The van der Waals surface area contributed by atoms with Crippen molar-refractivity contribution in [2.24, 2.45) is 5.92 Å². The molecule has 1 aromatic rings. The van der Waals surface area contributed by atoms with Gasteiger partial charge in [0.2, 0.25) is 0 Å². The first-order valence-corrected chi connectivity index (χ1v) is 7.09. The maximum atomic E-state index is 12.0. The zero-order chi connectivity index (χ0) is 14.6. The fourth-order valence-corrected chi connectivity index (χ4v) is 2.50. The molecule has 0 aliphatic heterocycles. The summed E-state index contributed by atoms with van der Waals surface area (Å²) in [6, 6.07) is 9.69. The zero-order valence-electron chi connectivity index (χ0n) is 12.3. The van der Waals surface area contributed by atoms with Crippen LogP contribution in [0.5, 0.6) is 0 Å². The largest absolute Gasteiger partial charge is 0.455 e. The SMILES string of the molecule is C=C(C)[C@H]1C=CC(C)(OC(=O)Cc2ccccc2)CC1. The smallest absolute Gasteiger partial charge is 0.311 e. The molecule has 0 bridgehead atoms. The molecule has 2 nitrogen and oxygen atoms in total. The van der Waals surface area contributed by atoms with Gasteiger partial charge in [-0.3, -0.25) is 4.79 Å². The fourth-order valence-electron chi connectivity index (χ4n) is 2.50. The third kappa shape index (κ3) is 3.83. The molecule has 2 rings (SSSR count). The third-order valence-corrected chi connectivity index (χ3v) is 3.80. The number of carbonyl (C=O) groups is 1. The number of hydrogen-bond acceptors (Lipinski definition) is 2. The van der Waals surface area contributed by atoms with Crippen LogP contribution in [0.2, 0.25) is 0 Å².